The van der Waals surface area contributed by atoms with E-state index in [0.29, 0.717) is 12.0 Å². The molecule has 1 saturated carbocycles. The number of likely N-dealkylation sites (tertiary alicyclic amines) is 1. The van der Waals surface area contributed by atoms with Crippen molar-refractivity contribution in [1.82, 2.24) is 14.5 Å². The number of imidazole rings is 1. The van der Waals surface area contributed by atoms with Gasteiger partial charge in [-0.3, -0.25) is 4.79 Å². The average Bonchev–Trinajstić information content (AvgIpc) is 3.10. The molecule has 0 N–H and O–H groups in total. The van der Waals surface area contributed by atoms with Gasteiger partial charge in [-0.15, -0.1) is 0 Å². The molecule has 0 bridgehead atoms. The van der Waals surface area contributed by atoms with Gasteiger partial charge >= 0.3 is 0 Å². The molecule has 1 saturated heterocycles. The molecule has 1 aromatic rings. The Morgan fingerprint density at radius 2 is 2.26 bits per heavy atom. The van der Waals surface area contributed by atoms with Gasteiger partial charge in [-0.05, 0) is 31.6 Å². The molecule has 1 aromatic heterocycles. The van der Waals surface area contributed by atoms with Crippen molar-refractivity contribution in [2.45, 2.75) is 31.7 Å². The first kappa shape index (κ1) is 12.7. The van der Waals surface area contributed by atoms with E-state index >= 15 is 0 Å². The minimum atomic E-state index is 0.130. The highest BCUT2D eigenvalue weighted by Gasteiger charge is 2.25. The van der Waals surface area contributed by atoms with E-state index in [2.05, 4.69) is 9.55 Å². The summed E-state index contributed by atoms with van der Waals surface area (Å²) >= 11 is 0. The second-order valence-corrected chi connectivity index (χ2v) is 5.60. The van der Waals surface area contributed by atoms with E-state index in [9.17, 15) is 4.79 Å². The Kier molecular flexibility index (Phi) is 3.82. The highest BCUT2D eigenvalue weighted by molar-refractivity contribution is 5.77. The van der Waals surface area contributed by atoms with E-state index in [1.165, 1.54) is 12.8 Å². The van der Waals surface area contributed by atoms with Crippen LogP contribution in [0.2, 0.25) is 0 Å². The lowest BCUT2D eigenvalue weighted by molar-refractivity contribution is -0.137. The summed E-state index contributed by atoms with van der Waals surface area (Å²) in [6.45, 7) is 2.64. The van der Waals surface area contributed by atoms with Gasteiger partial charge in [0.2, 0.25) is 5.91 Å². The quantitative estimate of drug-likeness (QED) is 0.808. The van der Waals surface area contributed by atoms with Gasteiger partial charge in [-0.25, -0.2) is 4.98 Å². The summed E-state index contributed by atoms with van der Waals surface area (Å²) in [5.74, 6) is 0.846. The molecular weight excluding hydrogens is 242 g/mol. The van der Waals surface area contributed by atoms with Crippen LogP contribution in [-0.4, -0.2) is 46.7 Å². The van der Waals surface area contributed by atoms with Gasteiger partial charge in [-0.2, -0.15) is 0 Å². The molecule has 0 radical (unpaired) electrons. The number of carbonyl (C=O) groups excluding carboxylic acids is 1. The van der Waals surface area contributed by atoms with E-state index in [4.69, 9.17) is 4.74 Å². The summed E-state index contributed by atoms with van der Waals surface area (Å²) in [4.78, 5) is 18.1. The molecule has 5 heteroatoms. The topological polar surface area (TPSA) is 47.4 Å². The number of aromatic nitrogens is 2. The molecule has 1 amide bonds. The second-order valence-electron chi connectivity index (χ2n) is 5.60. The fraction of sp³-hybridized carbons (Fsp3) is 0.714. The molecule has 1 atom stereocenters. The molecule has 1 aliphatic heterocycles. The molecule has 2 heterocycles. The first-order valence-corrected chi connectivity index (χ1v) is 7.16. The normalized spacial score (nSPS) is 23.6. The summed E-state index contributed by atoms with van der Waals surface area (Å²) in [7, 11) is 0. The maximum atomic E-state index is 12.1. The highest BCUT2D eigenvalue weighted by Crippen LogP contribution is 2.28. The Balaban J connectivity index is 1.48. The smallest absolute Gasteiger partial charge is 0.248 e. The van der Waals surface area contributed by atoms with Crippen molar-refractivity contribution in [1.29, 1.82) is 0 Å². The van der Waals surface area contributed by atoms with Crippen molar-refractivity contribution in [3.05, 3.63) is 18.7 Å². The molecule has 0 spiro atoms. The molecule has 104 valence electrons. The Hall–Kier alpha value is -1.36. The zero-order valence-corrected chi connectivity index (χ0v) is 11.2. The summed E-state index contributed by atoms with van der Waals surface area (Å²) in [5.41, 5.74) is 0. The van der Waals surface area contributed by atoms with Crippen LogP contribution in [0.5, 0.6) is 0 Å². The maximum absolute atomic E-state index is 12.1. The van der Waals surface area contributed by atoms with E-state index in [1.54, 1.807) is 6.20 Å². The average molecular weight is 263 g/mol. The second kappa shape index (κ2) is 5.74. The van der Waals surface area contributed by atoms with Crippen LogP contribution < -0.4 is 0 Å². The third-order valence-corrected chi connectivity index (χ3v) is 3.97. The van der Waals surface area contributed by atoms with Crippen molar-refractivity contribution in [3.8, 4) is 0 Å². The molecule has 0 aromatic carbocycles. The summed E-state index contributed by atoms with van der Waals surface area (Å²) in [6.07, 6.45) is 10.3. The van der Waals surface area contributed by atoms with Crippen molar-refractivity contribution >= 4 is 5.91 Å². The largest absolute Gasteiger partial charge is 0.371 e. The van der Waals surface area contributed by atoms with Gasteiger partial charge in [0.25, 0.3) is 0 Å². The van der Waals surface area contributed by atoms with Gasteiger partial charge in [0.1, 0.15) is 6.61 Å². The van der Waals surface area contributed by atoms with Crippen molar-refractivity contribution in [2.24, 2.45) is 5.92 Å². The third kappa shape index (κ3) is 3.35. The van der Waals surface area contributed by atoms with E-state index < -0.39 is 0 Å². The lowest BCUT2D eigenvalue weighted by Crippen LogP contribution is -2.42. The van der Waals surface area contributed by atoms with Gasteiger partial charge in [-0.1, -0.05) is 0 Å². The Bertz CT molecular complexity index is 414. The molecule has 2 aliphatic rings. The molecule has 3 rings (SSSR count). The summed E-state index contributed by atoms with van der Waals surface area (Å²) in [6, 6.07) is 0.364. The first-order chi connectivity index (χ1) is 9.33. The maximum Gasteiger partial charge on any atom is 0.248 e. The SMILES string of the molecule is O=C(COCC1CC1)N1CCC[C@H](n2ccnc2)C1. The van der Waals surface area contributed by atoms with Crippen molar-refractivity contribution in [3.63, 3.8) is 0 Å². The van der Waals surface area contributed by atoms with Gasteiger partial charge < -0.3 is 14.2 Å². The number of nitrogens with zero attached hydrogens (tertiary/aromatic N) is 3. The monoisotopic (exact) mass is 263 g/mol. The Labute approximate surface area is 113 Å². The number of ether oxygens (including phenoxy) is 1. The lowest BCUT2D eigenvalue weighted by atomic mass is 10.1. The minimum Gasteiger partial charge on any atom is -0.371 e. The number of amides is 1. The molecule has 1 aliphatic carbocycles. The zero-order valence-electron chi connectivity index (χ0n) is 11.2. The van der Waals surface area contributed by atoms with Crippen LogP contribution in [-0.2, 0) is 9.53 Å². The fourth-order valence-corrected chi connectivity index (χ4v) is 2.60. The van der Waals surface area contributed by atoms with Gasteiger partial charge in [0.05, 0.1) is 19.0 Å². The van der Waals surface area contributed by atoms with Crippen LogP contribution in [0.1, 0.15) is 31.7 Å². The van der Waals surface area contributed by atoms with E-state index in [-0.39, 0.29) is 12.5 Å². The molecule has 5 nitrogen and oxygen atoms in total. The lowest BCUT2D eigenvalue weighted by Gasteiger charge is -2.33. The molecular formula is C14H21N3O2. The zero-order chi connectivity index (χ0) is 13.1. The number of hydrogen-bond donors (Lipinski definition) is 0. The number of rotatable bonds is 5. The number of hydrogen-bond acceptors (Lipinski definition) is 3. The highest BCUT2D eigenvalue weighted by atomic mass is 16.5. The Morgan fingerprint density at radius 1 is 1.37 bits per heavy atom. The van der Waals surface area contributed by atoms with Crippen LogP contribution in [0.15, 0.2) is 18.7 Å². The van der Waals surface area contributed by atoms with Crippen LogP contribution >= 0.6 is 0 Å². The van der Waals surface area contributed by atoms with Crippen molar-refractivity contribution < 1.29 is 9.53 Å². The molecule has 19 heavy (non-hydrogen) atoms. The van der Waals surface area contributed by atoms with E-state index in [1.807, 2.05) is 17.4 Å². The fourth-order valence-electron chi connectivity index (χ4n) is 2.60. The molecule has 2 fully saturated rings. The first-order valence-electron chi connectivity index (χ1n) is 7.16. The van der Waals surface area contributed by atoms with Crippen LogP contribution in [0, 0.1) is 5.92 Å². The predicted molar refractivity (Wildman–Crippen MR) is 70.6 cm³/mol. The summed E-state index contributed by atoms with van der Waals surface area (Å²) in [5, 5.41) is 0. The standard InChI is InChI=1S/C14H21N3O2/c18-14(10-19-9-12-3-4-12)16-6-1-2-13(8-16)17-7-5-15-11-17/h5,7,11-13H,1-4,6,8-10H2/t13-/m0/s1. The van der Waals surface area contributed by atoms with Crippen LogP contribution in [0.4, 0.5) is 0 Å². The van der Waals surface area contributed by atoms with Crippen LogP contribution in [0.25, 0.3) is 0 Å². The van der Waals surface area contributed by atoms with Crippen LogP contribution in [0.3, 0.4) is 0 Å². The predicted octanol–water partition coefficient (Wildman–Crippen LogP) is 1.47. The number of piperidine rings is 1. The summed E-state index contributed by atoms with van der Waals surface area (Å²) < 4.78 is 7.59. The van der Waals surface area contributed by atoms with Crippen molar-refractivity contribution in [2.75, 3.05) is 26.3 Å². The minimum absolute atomic E-state index is 0.130. The molecule has 0 unspecified atom stereocenters. The van der Waals surface area contributed by atoms with Gasteiger partial charge in [0.15, 0.2) is 0 Å². The third-order valence-electron chi connectivity index (χ3n) is 3.97. The Morgan fingerprint density at radius 3 is 3.00 bits per heavy atom. The van der Waals surface area contributed by atoms with Gasteiger partial charge in [0, 0.05) is 25.5 Å². The number of carbonyl (C=O) groups is 1. The van der Waals surface area contributed by atoms with E-state index in [0.717, 1.165) is 32.5 Å².